The number of thioether (sulfide) groups is 1. The lowest BCUT2D eigenvalue weighted by Crippen LogP contribution is -2.48. The van der Waals surface area contributed by atoms with Crippen molar-refractivity contribution in [3.05, 3.63) is 11.2 Å². The molecule has 1 rings (SSSR count). The van der Waals surface area contributed by atoms with E-state index in [2.05, 4.69) is 36.2 Å². The number of rotatable bonds is 4. The molecule has 0 aliphatic carbocycles. The number of nitrogens with one attached hydrogen (secondary N) is 1. The Hall–Kier alpha value is -1.21. The Balaban J connectivity index is 3.06. The van der Waals surface area contributed by atoms with Gasteiger partial charge in [0.15, 0.2) is 11.0 Å². The van der Waals surface area contributed by atoms with E-state index in [9.17, 15) is 4.79 Å². The molecule has 0 saturated carbocycles. The van der Waals surface area contributed by atoms with Gasteiger partial charge >= 0.3 is 6.09 Å². The minimum Gasteiger partial charge on any atom is -0.443 e. The number of carbonyl (C=O) groups is 1. The van der Waals surface area contributed by atoms with Gasteiger partial charge in [-0.15, -0.1) is 0 Å². The summed E-state index contributed by atoms with van der Waals surface area (Å²) in [7, 11) is 0. The van der Waals surface area contributed by atoms with Crippen LogP contribution < -0.4 is 10.4 Å². The number of hydrogen-bond donors (Lipinski definition) is 1. The van der Waals surface area contributed by atoms with Gasteiger partial charge < -0.3 is 4.74 Å². The number of halogens is 1. The van der Waals surface area contributed by atoms with Gasteiger partial charge in [-0.2, -0.15) is 0 Å². The zero-order chi connectivity index (χ0) is 17.8. The SMILES string of the molecule is CSc1nc(Cl)cc(N(CC(C)(C)C)NC(=O)OC(C)(C)C)n1. The van der Waals surface area contributed by atoms with Crippen molar-refractivity contribution in [2.45, 2.75) is 52.3 Å². The van der Waals surface area contributed by atoms with E-state index in [4.69, 9.17) is 16.3 Å². The van der Waals surface area contributed by atoms with Gasteiger partial charge in [-0.25, -0.2) is 20.2 Å². The molecular weight excluding hydrogens is 336 g/mol. The number of carbonyl (C=O) groups excluding carboxylic acids is 1. The van der Waals surface area contributed by atoms with Gasteiger partial charge in [0, 0.05) is 12.6 Å². The molecule has 0 atom stereocenters. The van der Waals surface area contributed by atoms with Gasteiger partial charge in [0.25, 0.3) is 0 Å². The topological polar surface area (TPSA) is 67.4 Å². The van der Waals surface area contributed by atoms with E-state index < -0.39 is 11.7 Å². The van der Waals surface area contributed by atoms with Crippen LogP contribution in [0.3, 0.4) is 0 Å². The second-order valence-electron chi connectivity index (χ2n) is 7.30. The van der Waals surface area contributed by atoms with Gasteiger partial charge in [0.05, 0.1) is 0 Å². The molecule has 0 radical (unpaired) electrons. The Morgan fingerprint density at radius 1 is 1.30 bits per heavy atom. The van der Waals surface area contributed by atoms with E-state index in [1.54, 1.807) is 11.1 Å². The van der Waals surface area contributed by atoms with Crippen LogP contribution in [-0.2, 0) is 4.74 Å². The van der Waals surface area contributed by atoms with Crippen molar-refractivity contribution in [1.29, 1.82) is 0 Å². The highest BCUT2D eigenvalue weighted by Gasteiger charge is 2.23. The van der Waals surface area contributed by atoms with Crippen LogP contribution in [-0.4, -0.2) is 34.5 Å². The summed E-state index contributed by atoms with van der Waals surface area (Å²) in [6.45, 7) is 12.2. The first-order chi connectivity index (χ1) is 10.4. The second kappa shape index (κ2) is 7.57. The van der Waals surface area contributed by atoms with Crippen molar-refractivity contribution in [2.75, 3.05) is 17.8 Å². The molecule has 0 bridgehead atoms. The number of aromatic nitrogens is 2. The van der Waals surface area contributed by atoms with E-state index in [0.717, 1.165) is 0 Å². The molecular formula is C15H25ClN4O2S. The lowest BCUT2D eigenvalue weighted by atomic mass is 9.97. The van der Waals surface area contributed by atoms with E-state index in [1.807, 2.05) is 27.0 Å². The summed E-state index contributed by atoms with van der Waals surface area (Å²) < 4.78 is 5.32. The van der Waals surface area contributed by atoms with Crippen LogP contribution in [0.5, 0.6) is 0 Å². The summed E-state index contributed by atoms with van der Waals surface area (Å²) in [6, 6.07) is 1.62. The maximum absolute atomic E-state index is 12.1. The van der Waals surface area contributed by atoms with Crippen LogP contribution in [0.25, 0.3) is 0 Å². The van der Waals surface area contributed by atoms with Gasteiger partial charge in [0.1, 0.15) is 10.8 Å². The third-order valence-electron chi connectivity index (χ3n) is 2.38. The molecule has 1 N–H and O–H groups in total. The standard InChI is InChI=1S/C15H25ClN4O2S/c1-14(2,3)9-20(19-13(21)22-15(4,5)6)11-8-10(16)17-12(18-11)23-7/h8H,9H2,1-7H3,(H,19,21). The molecule has 130 valence electrons. The number of amides is 1. The van der Waals surface area contributed by atoms with Crippen molar-refractivity contribution in [1.82, 2.24) is 15.4 Å². The first-order valence-electron chi connectivity index (χ1n) is 7.25. The van der Waals surface area contributed by atoms with Crippen LogP contribution in [0, 0.1) is 5.41 Å². The fourth-order valence-corrected chi connectivity index (χ4v) is 2.28. The molecule has 1 amide bonds. The zero-order valence-electron chi connectivity index (χ0n) is 14.7. The molecule has 6 nitrogen and oxygen atoms in total. The molecule has 1 aromatic heterocycles. The summed E-state index contributed by atoms with van der Waals surface area (Å²) in [5.41, 5.74) is 2.08. The van der Waals surface area contributed by atoms with Crippen molar-refractivity contribution in [3.8, 4) is 0 Å². The van der Waals surface area contributed by atoms with E-state index in [-0.39, 0.29) is 5.41 Å². The first kappa shape index (κ1) is 19.8. The van der Waals surface area contributed by atoms with Crippen LogP contribution >= 0.6 is 23.4 Å². The molecule has 1 aromatic rings. The van der Waals surface area contributed by atoms with E-state index >= 15 is 0 Å². The average molecular weight is 361 g/mol. The van der Waals surface area contributed by atoms with Crippen molar-refractivity contribution >= 4 is 35.3 Å². The van der Waals surface area contributed by atoms with Gasteiger partial charge in [-0.05, 0) is 32.4 Å². The number of anilines is 1. The Morgan fingerprint density at radius 3 is 2.39 bits per heavy atom. The molecule has 0 aliphatic heterocycles. The first-order valence-corrected chi connectivity index (χ1v) is 8.86. The highest BCUT2D eigenvalue weighted by Crippen LogP contribution is 2.23. The molecule has 0 aliphatic rings. The minimum absolute atomic E-state index is 0.0774. The normalized spacial score (nSPS) is 12.0. The van der Waals surface area contributed by atoms with Gasteiger partial charge in [-0.1, -0.05) is 44.1 Å². The summed E-state index contributed by atoms with van der Waals surface area (Å²) in [4.78, 5) is 20.6. The quantitative estimate of drug-likeness (QED) is 0.376. The highest BCUT2D eigenvalue weighted by molar-refractivity contribution is 7.98. The summed E-state index contributed by atoms with van der Waals surface area (Å²) in [6.07, 6.45) is 1.33. The number of hydrazine groups is 1. The van der Waals surface area contributed by atoms with Crippen LogP contribution in [0.2, 0.25) is 5.15 Å². The monoisotopic (exact) mass is 360 g/mol. The predicted molar refractivity (Wildman–Crippen MR) is 95.0 cm³/mol. The fraction of sp³-hybridized carbons (Fsp3) is 0.667. The molecule has 0 saturated heterocycles. The zero-order valence-corrected chi connectivity index (χ0v) is 16.3. The molecule has 0 aromatic carbocycles. The Labute approximate surface area is 147 Å². The predicted octanol–water partition coefficient (Wildman–Crippen LogP) is 4.14. The maximum atomic E-state index is 12.1. The van der Waals surface area contributed by atoms with E-state index in [1.165, 1.54) is 11.8 Å². The van der Waals surface area contributed by atoms with Crippen LogP contribution in [0.1, 0.15) is 41.5 Å². The molecule has 0 spiro atoms. The Bertz CT molecular complexity index is 555. The summed E-state index contributed by atoms with van der Waals surface area (Å²) in [5, 5.41) is 2.50. The molecule has 8 heteroatoms. The Morgan fingerprint density at radius 2 is 1.91 bits per heavy atom. The van der Waals surface area contributed by atoms with Gasteiger partial charge in [-0.3, -0.25) is 5.01 Å². The lowest BCUT2D eigenvalue weighted by Gasteiger charge is -2.31. The summed E-state index contributed by atoms with van der Waals surface area (Å²) >= 11 is 7.44. The molecule has 1 heterocycles. The van der Waals surface area contributed by atoms with Crippen LogP contribution in [0.15, 0.2) is 11.2 Å². The highest BCUT2D eigenvalue weighted by atomic mass is 35.5. The number of hydrogen-bond acceptors (Lipinski definition) is 6. The maximum Gasteiger partial charge on any atom is 0.426 e. The molecule has 0 unspecified atom stereocenters. The lowest BCUT2D eigenvalue weighted by molar-refractivity contribution is 0.0516. The van der Waals surface area contributed by atoms with Crippen molar-refractivity contribution in [2.24, 2.45) is 5.41 Å². The largest absolute Gasteiger partial charge is 0.443 e. The second-order valence-corrected chi connectivity index (χ2v) is 8.46. The number of nitrogens with zero attached hydrogens (tertiary/aromatic N) is 3. The third-order valence-corrected chi connectivity index (χ3v) is 3.12. The third kappa shape index (κ3) is 7.74. The summed E-state index contributed by atoms with van der Waals surface area (Å²) in [5.74, 6) is 0.523. The van der Waals surface area contributed by atoms with E-state index in [0.29, 0.717) is 22.7 Å². The average Bonchev–Trinajstić information content (AvgIpc) is 2.33. The number of ether oxygens (including phenoxy) is 1. The minimum atomic E-state index is -0.578. The van der Waals surface area contributed by atoms with Crippen molar-refractivity contribution < 1.29 is 9.53 Å². The van der Waals surface area contributed by atoms with Crippen molar-refractivity contribution in [3.63, 3.8) is 0 Å². The Kier molecular flexibility index (Phi) is 6.53. The smallest absolute Gasteiger partial charge is 0.426 e. The van der Waals surface area contributed by atoms with Gasteiger partial charge in [0.2, 0.25) is 0 Å². The van der Waals surface area contributed by atoms with Crippen LogP contribution in [0.4, 0.5) is 10.6 Å². The molecule has 23 heavy (non-hydrogen) atoms. The fourth-order valence-electron chi connectivity index (χ4n) is 1.68. The molecule has 0 fully saturated rings.